The minimum atomic E-state index is -0.556. The molecule has 1 aliphatic heterocycles. The molecule has 7 nitrogen and oxygen atoms in total. The number of nitrogens with two attached hydrogens (primary N) is 1. The fourth-order valence-corrected chi connectivity index (χ4v) is 2.32. The van der Waals surface area contributed by atoms with E-state index in [0.29, 0.717) is 12.1 Å². The van der Waals surface area contributed by atoms with Crippen LogP contribution in [0.5, 0.6) is 0 Å². The highest BCUT2D eigenvalue weighted by atomic mass is 16.1. The molecule has 20 heavy (non-hydrogen) atoms. The van der Waals surface area contributed by atoms with Gasteiger partial charge in [0, 0.05) is 30.1 Å². The lowest BCUT2D eigenvalue weighted by atomic mass is 10.0. The number of carbonyl (C=O) groups excluding carboxylic acids is 1. The second kappa shape index (κ2) is 4.86. The van der Waals surface area contributed by atoms with Crippen molar-refractivity contribution in [1.82, 2.24) is 20.1 Å². The van der Waals surface area contributed by atoms with Crippen LogP contribution in [-0.4, -0.2) is 33.4 Å². The smallest absolute Gasteiger partial charge is 0.267 e. The molecule has 3 heterocycles. The summed E-state index contributed by atoms with van der Waals surface area (Å²) in [7, 11) is 0. The number of primary amides is 1. The van der Waals surface area contributed by atoms with E-state index in [9.17, 15) is 4.79 Å². The van der Waals surface area contributed by atoms with Gasteiger partial charge in [-0.3, -0.25) is 4.79 Å². The van der Waals surface area contributed by atoms with E-state index in [1.807, 2.05) is 0 Å². The molecular formula is C13H14N6O. The highest BCUT2D eigenvalue weighted by Gasteiger charge is 2.19. The number of carbonyl (C=O) groups is 1. The van der Waals surface area contributed by atoms with E-state index in [0.717, 1.165) is 29.9 Å². The fourth-order valence-electron chi connectivity index (χ4n) is 2.32. The molecule has 0 aromatic carbocycles. The van der Waals surface area contributed by atoms with Gasteiger partial charge in [-0.15, -0.1) is 0 Å². The first-order valence-electron chi connectivity index (χ1n) is 6.28. The summed E-state index contributed by atoms with van der Waals surface area (Å²) in [6.07, 6.45) is 5.39. The second-order valence-corrected chi connectivity index (χ2v) is 4.61. The average molecular weight is 270 g/mol. The zero-order valence-corrected chi connectivity index (χ0v) is 10.8. The second-order valence-electron chi connectivity index (χ2n) is 4.61. The largest absolute Gasteiger partial charge is 0.364 e. The third-order valence-corrected chi connectivity index (χ3v) is 3.30. The zero-order valence-electron chi connectivity index (χ0n) is 10.8. The zero-order chi connectivity index (χ0) is 14.1. The van der Waals surface area contributed by atoms with E-state index in [1.165, 1.54) is 6.21 Å². The molecule has 2 aromatic rings. The molecule has 0 bridgehead atoms. The van der Waals surface area contributed by atoms with Crippen LogP contribution in [0, 0.1) is 5.41 Å². The monoisotopic (exact) mass is 270 g/mol. The lowest BCUT2D eigenvalue weighted by Gasteiger charge is -2.20. The molecule has 0 aliphatic carbocycles. The Balaban J connectivity index is 2.19. The summed E-state index contributed by atoms with van der Waals surface area (Å²) in [5.74, 6) is -0.556. The lowest BCUT2D eigenvalue weighted by Crippen LogP contribution is -2.28. The van der Waals surface area contributed by atoms with Gasteiger partial charge in [0.25, 0.3) is 5.91 Å². The summed E-state index contributed by atoms with van der Waals surface area (Å²) >= 11 is 0. The van der Waals surface area contributed by atoms with Gasteiger partial charge in [0.05, 0.1) is 17.6 Å². The van der Waals surface area contributed by atoms with Gasteiger partial charge in [0.2, 0.25) is 0 Å². The minimum Gasteiger partial charge on any atom is -0.364 e. The Labute approximate surface area is 115 Å². The molecule has 0 fully saturated rings. The molecule has 3 rings (SSSR count). The molecule has 102 valence electrons. The summed E-state index contributed by atoms with van der Waals surface area (Å²) < 4.78 is 1.67. The summed E-state index contributed by atoms with van der Waals surface area (Å²) in [6.45, 7) is 1.47. The number of hydrogen-bond donors (Lipinski definition) is 3. The molecule has 0 saturated heterocycles. The van der Waals surface area contributed by atoms with Crippen molar-refractivity contribution in [3.05, 3.63) is 41.0 Å². The van der Waals surface area contributed by atoms with Crippen molar-refractivity contribution in [2.75, 3.05) is 6.54 Å². The van der Waals surface area contributed by atoms with Gasteiger partial charge >= 0.3 is 0 Å². The number of nitrogens with zero attached hydrogens (tertiary/aromatic N) is 3. The Morgan fingerprint density at radius 1 is 1.55 bits per heavy atom. The molecule has 4 N–H and O–H groups in total. The van der Waals surface area contributed by atoms with Crippen LogP contribution in [0.1, 0.15) is 27.3 Å². The maximum Gasteiger partial charge on any atom is 0.267 e. The average Bonchev–Trinajstić information content (AvgIpc) is 2.94. The van der Waals surface area contributed by atoms with Gasteiger partial charge < -0.3 is 16.5 Å². The summed E-state index contributed by atoms with van der Waals surface area (Å²) in [5, 5.41) is 14.7. The van der Waals surface area contributed by atoms with Crippen molar-refractivity contribution in [1.29, 1.82) is 5.41 Å². The van der Waals surface area contributed by atoms with Crippen molar-refractivity contribution >= 4 is 12.1 Å². The van der Waals surface area contributed by atoms with Crippen molar-refractivity contribution in [2.45, 2.75) is 13.0 Å². The Morgan fingerprint density at radius 3 is 3.10 bits per heavy atom. The number of amides is 1. The van der Waals surface area contributed by atoms with E-state index in [2.05, 4.69) is 15.4 Å². The highest BCUT2D eigenvalue weighted by molar-refractivity contribution is 5.91. The SMILES string of the molecule is N=Cc1cnn(-c2cc(C(N)=O)nc3c2CCNC3)c1. The third kappa shape index (κ3) is 2.08. The van der Waals surface area contributed by atoms with Gasteiger partial charge in [-0.05, 0) is 19.0 Å². The molecule has 0 saturated carbocycles. The van der Waals surface area contributed by atoms with Gasteiger partial charge in [-0.1, -0.05) is 0 Å². The Kier molecular flexibility index (Phi) is 3.03. The first-order valence-corrected chi connectivity index (χ1v) is 6.28. The molecule has 0 unspecified atom stereocenters. The number of aromatic nitrogens is 3. The first kappa shape index (κ1) is 12.5. The Bertz CT molecular complexity index is 690. The Hall–Kier alpha value is -2.54. The standard InChI is InChI=1S/C13H14N6O/c14-4-8-5-17-19(7-8)12-3-10(13(15)20)18-11-6-16-2-1-9(11)12/h3-5,7,14,16H,1-2,6H2,(H2,15,20). The van der Waals surface area contributed by atoms with Crippen LogP contribution in [0.4, 0.5) is 0 Å². The molecule has 2 aromatic heterocycles. The lowest BCUT2D eigenvalue weighted by molar-refractivity contribution is 0.0995. The van der Waals surface area contributed by atoms with E-state index >= 15 is 0 Å². The van der Waals surface area contributed by atoms with Crippen LogP contribution < -0.4 is 11.1 Å². The van der Waals surface area contributed by atoms with Crippen molar-refractivity contribution < 1.29 is 4.79 Å². The predicted molar refractivity (Wildman–Crippen MR) is 73.2 cm³/mol. The predicted octanol–water partition coefficient (Wildman–Crippen LogP) is 0.00957. The van der Waals surface area contributed by atoms with Crippen LogP contribution in [0.2, 0.25) is 0 Å². The summed E-state index contributed by atoms with van der Waals surface area (Å²) in [6, 6.07) is 1.66. The molecule has 1 amide bonds. The van der Waals surface area contributed by atoms with Crippen molar-refractivity contribution in [3.63, 3.8) is 0 Å². The maximum atomic E-state index is 11.4. The van der Waals surface area contributed by atoms with E-state index in [-0.39, 0.29) is 5.69 Å². The molecule has 7 heteroatoms. The number of fused-ring (bicyclic) bond motifs is 1. The number of pyridine rings is 1. The van der Waals surface area contributed by atoms with Gasteiger partial charge in [0.15, 0.2) is 0 Å². The van der Waals surface area contributed by atoms with Crippen molar-refractivity contribution in [3.8, 4) is 5.69 Å². The summed E-state index contributed by atoms with van der Waals surface area (Å²) in [5.41, 5.74) is 8.96. The maximum absolute atomic E-state index is 11.4. The van der Waals surface area contributed by atoms with Crippen LogP contribution >= 0.6 is 0 Å². The molecular weight excluding hydrogens is 256 g/mol. The topological polar surface area (TPSA) is 110 Å². The molecule has 0 atom stereocenters. The van der Waals surface area contributed by atoms with E-state index < -0.39 is 5.91 Å². The normalized spacial score (nSPS) is 13.8. The minimum absolute atomic E-state index is 0.231. The first-order chi connectivity index (χ1) is 9.69. The molecule has 0 spiro atoms. The third-order valence-electron chi connectivity index (χ3n) is 3.30. The summed E-state index contributed by atoms with van der Waals surface area (Å²) in [4.78, 5) is 15.7. The fraction of sp³-hybridized carbons (Fsp3) is 0.231. The molecule has 0 radical (unpaired) electrons. The molecule has 1 aliphatic rings. The van der Waals surface area contributed by atoms with E-state index in [4.69, 9.17) is 11.1 Å². The number of hydrogen-bond acceptors (Lipinski definition) is 5. The van der Waals surface area contributed by atoms with Crippen LogP contribution in [0.3, 0.4) is 0 Å². The van der Waals surface area contributed by atoms with E-state index in [1.54, 1.807) is 23.1 Å². The van der Waals surface area contributed by atoms with Crippen LogP contribution in [0.25, 0.3) is 5.69 Å². The van der Waals surface area contributed by atoms with Crippen LogP contribution in [-0.2, 0) is 13.0 Å². The van der Waals surface area contributed by atoms with Gasteiger partial charge in [0.1, 0.15) is 5.69 Å². The quantitative estimate of drug-likeness (QED) is 0.682. The van der Waals surface area contributed by atoms with Gasteiger partial charge in [-0.2, -0.15) is 5.10 Å². The van der Waals surface area contributed by atoms with Crippen molar-refractivity contribution in [2.24, 2.45) is 5.73 Å². The highest BCUT2D eigenvalue weighted by Crippen LogP contribution is 2.22. The Morgan fingerprint density at radius 2 is 2.40 bits per heavy atom. The van der Waals surface area contributed by atoms with Crippen LogP contribution in [0.15, 0.2) is 18.5 Å². The number of nitrogens with one attached hydrogen (secondary N) is 2. The number of rotatable bonds is 3. The van der Waals surface area contributed by atoms with Gasteiger partial charge in [-0.25, -0.2) is 9.67 Å².